The number of nitriles is 1. The third-order valence-electron chi connectivity index (χ3n) is 1.49. The van der Waals surface area contributed by atoms with Crippen LogP contribution in [0.1, 0.15) is 17.7 Å². The summed E-state index contributed by atoms with van der Waals surface area (Å²) < 4.78 is 24.6. The van der Waals surface area contributed by atoms with Gasteiger partial charge in [0.2, 0.25) is 0 Å². The Balaban J connectivity index is 3.49. The van der Waals surface area contributed by atoms with Crippen molar-refractivity contribution in [3.8, 4) is 6.07 Å². The summed E-state index contributed by atoms with van der Waals surface area (Å²) in [7, 11) is 0. The van der Waals surface area contributed by atoms with E-state index in [9.17, 15) is 18.9 Å². The summed E-state index contributed by atoms with van der Waals surface area (Å²) in [6.07, 6.45) is -2.87. The van der Waals surface area contributed by atoms with Crippen molar-refractivity contribution >= 4 is 28.4 Å². The Labute approximate surface area is 96.0 Å². The van der Waals surface area contributed by atoms with Gasteiger partial charge in [-0.15, -0.1) is 0 Å². The van der Waals surface area contributed by atoms with Gasteiger partial charge in [-0.3, -0.25) is 0 Å². The highest BCUT2D eigenvalue weighted by atomic mass is 127. The number of nitrogens with zero attached hydrogens (tertiary/aromatic N) is 3. The number of pyridine rings is 1. The Morgan fingerprint density at radius 2 is 2.27 bits per heavy atom. The van der Waals surface area contributed by atoms with Crippen LogP contribution in [0.5, 0.6) is 0 Å². The zero-order valence-electron chi connectivity index (χ0n) is 6.95. The van der Waals surface area contributed by atoms with E-state index in [-0.39, 0.29) is 3.57 Å². The Morgan fingerprint density at radius 1 is 1.67 bits per heavy atom. The number of nitro groups is 1. The zero-order valence-corrected chi connectivity index (χ0v) is 9.10. The number of aromatic nitrogens is 1. The monoisotopic (exact) mass is 325 g/mol. The van der Waals surface area contributed by atoms with Crippen molar-refractivity contribution in [3.63, 3.8) is 0 Å². The van der Waals surface area contributed by atoms with Crippen molar-refractivity contribution < 1.29 is 13.7 Å². The number of alkyl halides is 2. The quantitative estimate of drug-likeness (QED) is 0.475. The van der Waals surface area contributed by atoms with Crippen LogP contribution in [0.2, 0.25) is 0 Å². The van der Waals surface area contributed by atoms with E-state index in [1.165, 1.54) is 28.7 Å². The second-order valence-corrected chi connectivity index (χ2v) is 3.48. The molecule has 0 N–H and O–H groups in total. The highest BCUT2D eigenvalue weighted by Gasteiger charge is 2.25. The number of hydrogen-bond donors (Lipinski definition) is 0. The van der Waals surface area contributed by atoms with Crippen LogP contribution < -0.4 is 0 Å². The van der Waals surface area contributed by atoms with Gasteiger partial charge >= 0.3 is 5.82 Å². The molecule has 8 heteroatoms. The van der Waals surface area contributed by atoms with Gasteiger partial charge in [-0.2, -0.15) is 5.26 Å². The van der Waals surface area contributed by atoms with Gasteiger partial charge in [0.1, 0.15) is 9.64 Å². The molecule has 0 saturated carbocycles. The van der Waals surface area contributed by atoms with Gasteiger partial charge in [0.05, 0.1) is 0 Å². The van der Waals surface area contributed by atoms with Crippen LogP contribution in [0.4, 0.5) is 14.6 Å². The SMILES string of the molecule is N#Cc1cc(C(F)F)c(I)c([N+](=O)[O-])n1. The maximum absolute atomic E-state index is 12.4. The van der Waals surface area contributed by atoms with Gasteiger partial charge in [0.25, 0.3) is 12.1 Å². The van der Waals surface area contributed by atoms with Crippen LogP contribution in [0.15, 0.2) is 6.07 Å². The smallest absolute Gasteiger partial charge is 0.358 e. The summed E-state index contributed by atoms with van der Waals surface area (Å²) in [5.41, 5.74) is -0.939. The van der Waals surface area contributed by atoms with E-state index in [1.807, 2.05) is 0 Å². The molecule has 0 atom stereocenters. The molecule has 0 aliphatic heterocycles. The van der Waals surface area contributed by atoms with Crippen LogP contribution >= 0.6 is 22.6 Å². The van der Waals surface area contributed by atoms with E-state index in [2.05, 4.69) is 4.98 Å². The first-order valence-corrected chi connectivity index (χ1v) is 4.58. The molecule has 0 radical (unpaired) electrons. The fourth-order valence-corrected chi connectivity index (χ4v) is 1.58. The van der Waals surface area contributed by atoms with Crippen molar-refractivity contribution in [3.05, 3.63) is 31.0 Å². The lowest BCUT2D eigenvalue weighted by molar-refractivity contribution is -0.390. The minimum atomic E-state index is -2.87. The maximum atomic E-state index is 12.4. The average molecular weight is 325 g/mol. The summed E-state index contributed by atoms with van der Waals surface area (Å²) in [6, 6.07) is 2.34. The van der Waals surface area contributed by atoms with E-state index >= 15 is 0 Å². The molecule has 0 aliphatic rings. The molecule has 0 saturated heterocycles. The third-order valence-corrected chi connectivity index (χ3v) is 2.60. The van der Waals surface area contributed by atoms with E-state index in [1.54, 1.807) is 0 Å². The highest BCUT2D eigenvalue weighted by Crippen LogP contribution is 2.30. The minimum absolute atomic E-state index is 0.244. The molecule has 1 rings (SSSR count). The van der Waals surface area contributed by atoms with Gasteiger partial charge in [0.15, 0.2) is 0 Å². The van der Waals surface area contributed by atoms with Crippen molar-refractivity contribution in [2.24, 2.45) is 0 Å². The molecule has 5 nitrogen and oxygen atoms in total. The van der Waals surface area contributed by atoms with Gasteiger partial charge in [-0.1, -0.05) is 0 Å². The van der Waals surface area contributed by atoms with Gasteiger partial charge in [-0.05, 0) is 32.5 Å². The standard InChI is InChI=1S/C7H2F2IN3O2/c8-6(9)4-1-3(2-11)12-7(5(4)10)13(14)15/h1,6H. The summed E-state index contributed by atoms with van der Waals surface area (Å²) in [6.45, 7) is 0. The molecule has 1 heterocycles. The van der Waals surface area contributed by atoms with Gasteiger partial charge in [0, 0.05) is 11.6 Å². The highest BCUT2D eigenvalue weighted by molar-refractivity contribution is 14.1. The molecular formula is C7H2F2IN3O2. The molecule has 0 amide bonds. The molecule has 1 aromatic heterocycles. The van der Waals surface area contributed by atoms with E-state index in [0.717, 1.165) is 6.07 Å². The fourth-order valence-electron chi connectivity index (χ4n) is 0.872. The number of hydrogen-bond acceptors (Lipinski definition) is 4. The molecule has 0 spiro atoms. The molecule has 15 heavy (non-hydrogen) atoms. The first-order valence-electron chi connectivity index (χ1n) is 3.50. The van der Waals surface area contributed by atoms with Crippen LogP contribution in [0.25, 0.3) is 0 Å². The Hall–Kier alpha value is -1.37. The molecule has 0 aromatic carbocycles. The number of rotatable bonds is 2. The largest absolute Gasteiger partial charge is 0.378 e. The lowest BCUT2D eigenvalue weighted by atomic mass is 10.2. The second-order valence-electron chi connectivity index (χ2n) is 2.40. The van der Waals surface area contributed by atoms with Crippen LogP contribution in [-0.2, 0) is 0 Å². The third kappa shape index (κ3) is 2.35. The summed E-state index contributed by atoms with van der Waals surface area (Å²) in [5, 5.41) is 18.9. The lowest BCUT2D eigenvalue weighted by Gasteiger charge is -2.02. The minimum Gasteiger partial charge on any atom is -0.358 e. The van der Waals surface area contributed by atoms with E-state index < -0.39 is 28.4 Å². The van der Waals surface area contributed by atoms with Crippen molar-refractivity contribution in [1.82, 2.24) is 4.98 Å². The molecular weight excluding hydrogens is 323 g/mol. The molecule has 0 bridgehead atoms. The summed E-state index contributed by atoms with van der Waals surface area (Å²) in [5.74, 6) is -0.718. The Bertz CT molecular complexity index is 458. The first-order chi connectivity index (χ1) is 6.97. The lowest BCUT2D eigenvalue weighted by Crippen LogP contribution is -2.02. The summed E-state index contributed by atoms with van der Waals surface area (Å²) in [4.78, 5) is 12.9. The maximum Gasteiger partial charge on any atom is 0.378 e. The molecule has 0 fully saturated rings. The molecule has 1 aromatic rings. The Kier molecular flexibility index (Phi) is 3.46. The van der Waals surface area contributed by atoms with Crippen molar-refractivity contribution in [2.75, 3.05) is 0 Å². The Morgan fingerprint density at radius 3 is 2.67 bits per heavy atom. The van der Waals surface area contributed by atoms with E-state index in [4.69, 9.17) is 5.26 Å². The zero-order chi connectivity index (χ0) is 11.6. The predicted octanol–water partition coefficient (Wildman–Crippen LogP) is 2.40. The van der Waals surface area contributed by atoms with Crippen LogP contribution in [0, 0.1) is 25.0 Å². The second kappa shape index (κ2) is 4.43. The molecule has 0 aliphatic carbocycles. The number of halogens is 3. The fraction of sp³-hybridized carbons (Fsp3) is 0.143. The normalized spacial score (nSPS) is 10.1. The predicted molar refractivity (Wildman–Crippen MR) is 53.3 cm³/mol. The van der Waals surface area contributed by atoms with Crippen LogP contribution in [0.3, 0.4) is 0 Å². The molecule has 78 valence electrons. The van der Waals surface area contributed by atoms with Crippen molar-refractivity contribution in [1.29, 1.82) is 5.26 Å². The topological polar surface area (TPSA) is 79.8 Å². The van der Waals surface area contributed by atoms with Gasteiger partial charge in [-0.25, -0.2) is 8.78 Å². The van der Waals surface area contributed by atoms with Gasteiger partial charge < -0.3 is 10.1 Å². The first kappa shape index (κ1) is 11.7. The molecule has 0 unspecified atom stereocenters. The summed E-state index contributed by atoms with van der Waals surface area (Å²) >= 11 is 1.41. The van der Waals surface area contributed by atoms with E-state index in [0.29, 0.717) is 0 Å². The van der Waals surface area contributed by atoms with Crippen molar-refractivity contribution in [2.45, 2.75) is 6.43 Å². The average Bonchev–Trinajstić information content (AvgIpc) is 2.17. The van der Waals surface area contributed by atoms with Crippen LogP contribution in [-0.4, -0.2) is 9.91 Å².